The first kappa shape index (κ1) is 33.2. The normalized spacial score (nSPS) is 9.16. The van der Waals surface area contributed by atoms with Crippen molar-refractivity contribution in [1.29, 1.82) is 0 Å². The Morgan fingerprint density at radius 1 is 0.405 bits per heavy atom. The molecule has 0 aromatic heterocycles. The fourth-order valence-corrected chi connectivity index (χ4v) is 2.92. The van der Waals surface area contributed by atoms with Crippen LogP contribution in [0.4, 0.5) is 0 Å². The maximum Gasteiger partial charge on any atom is 0.336 e. The van der Waals surface area contributed by atoms with E-state index in [1.54, 1.807) is 57.2 Å². The molecular formula is C30H36CrO6+6. The van der Waals surface area contributed by atoms with E-state index in [0.29, 0.717) is 0 Å². The van der Waals surface area contributed by atoms with E-state index < -0.39 is 0 Å². The molecule has 6 N–H and O–H groups in total. The van der Waals surface area contributed by atoms with Crippen molar-refractivity contribution in [2.24, 2.45) is 0 Å². The van der Waals surface area contributed by atoms with Gasteiger partial charge in [-0.1, -0.05) is 54.6 Å². The first-order valence-corrected chi connectivity index (χ1v) is 11.4. The van der Waals surface area contributed by atoms with E-state index >= 15 is 0 Å². The van der Waals surface area contributed by atoms with E-state index in [1.165, 1.54) is 0 Å². The molecule has 7 heteroatoms. The number of hydrogen-bond donors (Lipinski definition) is 0. The van der Waals surface area contributed by atoms with Crippen molar-refractivity contribution in [3.63, 3.8) is 0 Å². The second-order valence-corrected chi connectivity index (χ2v) is 8.17. The van der Waals surface area contributed by atoms with Gasteiger partial charge in [-0.15, -0.1) is 0 Å². The molecule has 0 aliphatic heterocycles. The summed E-state index contributed by atoms with van der Waals surface area (Å²) in [5.74, 6) is 1.27. The third-order valence-corrected chi connectivity index (χ3v) is 4.59. The van der Waals surface area contributed by atoms with Crippen LogP contribution in [0.1, 0.15) is 56.7 Å². The van der Waals surface area contributed by atoms with Gasteiger partial charge in [0.1, 0.15) is 0 Å². The molecule has 0 saturated heterocycles. The van der Waals surface area contributed by atoms with E-state index in [9.17, 15) is 14.4 Å². The number of benzene rings is 3. The summed E-state index contributed by atoms with van der Waals surface area (Å²) in [5.41, 5.74) is 2.27. The summed E-state index contributed by atoms with van der Waals surface area (Å²) in [6.07, 6.45) is 0.679. The molecule has 0 heterocycles. The van der Waals surface area contributed by atoms with Crippen LogP contribution < -0.4 is 0 Å². The standard InChI is InChI=1S/3C10H10O2.Cr/c3*1-8(11)7-10(12)9-5-3-2-4-6-9;/h3*2-6H,7H2,1H3;/p+6. The number of hydrogen-bond acceptors (Lipinski definition) is 0. The minimum atomic E-state index is 0. The average Bonchev–Trinajstić information content (AvgIpc) is 2.85. The molecule has 3 rings (SSSR count). The van der Waals surface area contributed by atoms with Gasteiger partial charge in [0.25, 0.3) is 0 Å². The van der Waals surface area contributed by atoms with E-state index in [0.717, 1.165) is 16.7 Å². The number of rotatable bonds is 9. The topological polar surface area (TPSA) is 128 Å². The van der Waals surface area contributed by atoms with Gasteiger partial charge in [0.05, 0.1) is 16.7 Å². The molecule has 0 radical (unpaired) electrons. The van der Waals surface area contributed by atoms with Gasteiger partial charge in [0, 0.05) is 38.1 Å². The summed E-state index contributed by atoms with van der Waals surface area (Å²) in [6, 6.07) is 27.5. The molecule has 0 aliphatic rings. The van der Waals surface area contributed by atoms with Crippen LogP contribution >= 0.6 is 0 Å². The summed E-state index contributed by atoms with van der Waals surface area (Å²) in [5, 5.41) is 0. The fraction of sp³-hybridized carbons (Fsp3) is 0.200. The van der Waals surface area contributed by atoms with Crippen LogP contribution in [0.25, 0.3) is 0 Å². The Morgan fingerprint density at radius 2 is 0.595 bits per heavy atom. The maximum absolute atomic E-state index is 9.43. The van der Waals surface area contributed by atoms with Gasteiger partial charge >= 0.3 is 34.7 Å². The van der Waals surface area contributed by atoms with Crippen LogP contribution in [0.3, 0.4) is 0 Å². The van der Waals surface area contributed by atoms with Gasteiger partial charge in [0.15, 0.2) is 19.3 Å². The molecule has 0 aliphatic carbocycles. The van der Waals surface area contributed by atoms with Crippen LogP contribution in [0.2, 0.25) is 0 Å². The predicted molar refractivity (Wildman–Crippen MR) is 149 cm³/mol. The van der Waals surface area contributed by atoms with Gasteiger partial charge in [-0.05, 0) is 36.4 Å². The van der Waals surface area contributed by atoms with Crippen LogP contribution in [0, 0.1) is 0 Å². The summed E-state index contributed by atoms with van der Waals surface area (Å²) in [6.45, 7) is 4.71. The molecule has 6 nitrogen and oxygen atoms in total. The third-order valence-electron chi connectivity index (χ3n) is 4.59. The minimum Gasteiger partial charge on any atom is -0.283 e. The molecule has 3 aromatic rings. The Labute approximate surface area is 228 Å². The largest absolute Gasteiger partial charge is 0.336 e. The molecule has 37 heavy (non-hydrogen) atoms. The molecular weight excluding hydrogens is 508 g/mol. The Morgan fingerprint density at radius 3 is 0.757 bits per heavy atom. The van der Waals surface area contributed by atoms with Crippen LogP contribution in [-0.4, -0.2) is 63.5 Å². The smallest absolute Gasteiger partial charge is 0.283 e. The third kappa shape index (κ3) is 15.0. The second-order valence-electron chi connectivity index (χ2n) is 8.17. The monoisotopic (exact) mass is 544 g/mol. The van der Waals surface area contributed by atoms with E-state index in [1.807, 2.05) is 54.6 Å². The number of ketones is 6. The van der Waals surface area contributed by atoms with Gasteiger partial charge in [0.2, 0.25) is 0 Å². The molecule has 0 bridgehead atoms. The molecule has 192 valence electrons. The van der Waals surface area contributed by atoms with Crippen molar-refractivity contribution < 1.29 is 46.1 Å². The summed E-state index contributed by atoms with van der Waals surface area (Å²) < 4.78 is 0. The van der Waals surface area contributed by atoms with Crippen LogP contribution in [0.5, 0.6) is 0 Å². The van der Waals surface area contributed by atoms with Gasteiger partial charge < -0.3 is 0 Å². The van der Waals surface area contributed by atoms with Crippen LogP contribution in [-0.2, 0) is 17.4 Å². The molecule has 0 unspecified atom stereocenters. The Hall–Kier alpha value is -3.79. The molecule has 0 spiro atoms. The zero-order valence-electron chi connectivity index (χ0n) is 21.4. The van der Waals surface area contributed by atoms with Crippen molar-refractivity contribution in [2.45, 2.75) is 40.0 Å². The van der Waals surface area contributed by atoms with Crippen molar-refractivity contribution >= 4 is 34.7 Å². The molecule has 3 aromatic carbocycles. The second kappa shape index (κ2) is 18.5. The summed E-state index contributed by atoms with van der Waals surface area (Å²) in [4.78, 5) is 55.0. The average molecular weight is 545 g/mol. The van der Waals surface area contributed by atoms with E-state index in [-0.39, 0.29) is 71.3 Å². The minimum absolute atomic E-state index is 0. The van der Waals surface area contributed by atoms with E-state index in [2.05, 4.69) is 0 Å². The first-order chi connectivity index (χ1) is 17.1. The van der Waals surface area contributed by atoms with Gasteiger partial charge in [-0.2, -0.15) is 0 Å². The van der Waals surface area contributed by atoms with Crippen molar-refractivity contribution in [1.82, 2.24) is 0 Å². The molecule has 0 saturated carbocycles. The van der Waals surface area contributed by atoms with Crippen molar-refractivity contribution in [3.8, 4) is 0 Å². The summed E-state index contributed by atoms with van der Waals surface area (Å²) in [7, 11) is 0. The summed E-state index contributed by atoms with van der Waals surface area (Å²) >= 11 is 0. The molecule has 0 atom stereocenters. The van der Waals surface area contributed by atoms with Crippen LogP contribution in [0.15, 0.2) is 91.0 Å². The maximum atomic E-state index is 9.43. The van der Waals surface area contributed by atoms with E-state index in [4.69, 9.17) is 14.4 Å². The zero-order chi connectivity index (χ0) is 26.9. The predicted octanol–water partition coefficient (Wildman–Crippen LogP) is 4.60. The fourth-order valence-electron chi connectivity index (χ4n) is 2.92. The quantitative estimate of drug-likeness (QED) is 0.212. The molecule has 0 amide bonds. The van der Waals surface area contributed by atoms with Gasteiger partial charge in [-0.3, -0.25) is 28.8 Å². The molecule has 0 fully saturated rings. The van der Waals surface area contributed by atoms with Gasteiger partial charge in [-0.25, -0.2) is 0 Å². The Bertz CT molecular complexity index is 1020. The van der Waals surface area contributed by atoms with Crippen molar-refractivity contribution in [3.05, 3.63) is 108 Å². The number of carbonyl (C=O) groups excluding carboxylic acids is 6. The Balaban J connectivity index is 0.000000518. The zero-order valence-corrected chi connectivity index (χ0v) is 22.6. The Kier molecular flexibility index (Phi) is 16.6. The van der Waals surface area contributed by atoms with Crippen molar-refractivity contribution in [2.75, 3.05) is 0 Å². The first-order valence-electron chi connectivity index (χ1n) is 11.4. The SMILES string of the molecule is CC(=[OH+])CC(=[OH+])c1ccccc1.CC(=[OH+])CC(=[OH+])c1ccccc1.CC(=[OH+])CC(=[OH+])c1ccccc1.[Cr].